The Kier molecular flexibility index (Phi) is 3.41. The Morgan fingerprint density at radius 3 is 2.80 bits per heavy atom. The van der Waals surface area contributed by atoms with Crippen molar-refractivity contribution in [1.29, 1.82) is 0 Å². The molecular formula is C12H20N2O. The molecule has 1 saturated carbocycles. The first-order valence-electron chi connectivity index (χ1n) is 6.03. The third kappa shape index (κ3) is 2.07. The number of aliphatic hydroxyl groups excluding tert-OH is 1. The summed E-state index contributed by atoms with van der Waals surface area (Å²) in [6, 6.07) is 0.590. The van der Waals surface area contributed by atoms with Crippen LogP contribution in [0, 0.1) is 0 Å². The van der Waals surface area contributed by atoms with E-state index in [1.54, 1.807) is 0 Å². The molecule has 2 rings (SSSR count). The number of hydrogen-bond donors (Lipinski definition) is 1. The van der Waals surface area contributed by atoms with E-state index in [9.17, 15) is 5.11 Å². The Bertz CT molecular complexity index is 313. The van der Waals surface area contributed by atoms with Crippen molar-refractivity contribution in [2.24, 2.45) is 0 Å². The lowest BCUT2D eigenvalue weighted by Gasteiger charge is -2.14. The highest BCUT2D eigenvalue weighted by atomic mass is 16.3. The van der Waals surface area contributed by atoms with Crippen molar-refractivity contribution in [2.75, 3.05) is 0 Å². The van der Waals surface area contributed by atoms with E-state index >= 15 is 0 Å². The van der Waals surface area contributed by atoms with Crippen LogP contribution in [-0.4, -0.2) is 14.9 Å². The second kappa shape index (κ2) is 4.79. The van der Waals surface area contributed by atoms with Gasteiger partial charge in [-0.15, -0.1) is 0 Å². The van der Waals surface area contributed by atoms with Gasteiger partial charge in [0.1, 0.15) is 0 Å². The fourth-order valence-electron chi connectivity index (χ4n) is 2.53. The monoisotopic (exact) mass is 208 g/mol. The van der Waals surface area contributed by atoms with Crippen molar-refractivity contribution in [3.8, 4) is 0 Å². The summed E-state index contributed by atoms with van der Waals surface area (Å²) in [4.78, 5) is 0. The first-order valence-corrected chi connectivity index (χ1v) is 6.03. The highest BCUT2D eigenvalue weighted by Crippen LogP contribution is 2.31. The van der Waals surface area contributed by atoms with Crippen LogP contribution in [0.5, 0.6) is 0 Å². The Hall–Kier alpha value is -0.830. The molecule has 0 radical (unpaired) electrons. The minimum atomic E-state index is 0.127. The predicted octanol–water partition coefficient (Wildman–Crippen LogP) is 2.44. The molecule has 1 fully saturated rings. The van der Waals surface area contributed by atoms with Gasteiger partial charge in [-0.05, 0) is 19.3 Å². The van der Waals surface area contributed by atoms with Crippen LogP contribution in [0.15, 0.2) is 6.20 Å². The molecule has 15 heavy (non-hydrogen) atoms. The maximum Gasteiger partial charge on any atom is 0.0715 e. The van der Waals surface area contributed by atoms with Crippen LogP contribution in [0.25, 0.3) is 0 Å². The maximum absolute atomic E-state index is 9.25. The highest BCUT2D eigenvalue weighted by Gasteiger charge is 2.21. The molecular weight excluding hydrogens is 188 g/mol. The summed E-state index contributed by atoms with van der Waals surface area (Å²) in [5.74, 6) is 0. The fraction of sp³-hybridized carbons (Fsp3) is 0.750. The number of aromatic nitrogens is 2. The molecule has 1 heterocycles. The molecule has 1 aliphatic rings. The average molecular weight is 208 g/mol. The van der Waals surface area contributed by atoms with E-state index in [4.69, 9.17) is 0 Å². The molecule has 1 aliphatic carbocycles. The lowest BCUT2D eigenvalue weighted by molar-refractivity contribution is 0.279. The molecule has 3 heteroatoms. The van der Waals surface area contributed by atoms with Crippen LogP contribution in [0.1, 0.15) is 56.3 Å². The van der Waals surface area contributed by atoms with Crippen molar-refractivity contribution in [1.82, 2.24) is 9.78 Å². The fourth-order valence-corrected chi connectivity index (χ4v) is 2.53. The number of hydrogen-bond acceptors (Lipinski definition) is 2. The largest absolute Gasteiger partial charge is 0.392 e. The van der Waals surface area contributed by atoms with Crippen molar-refractivity contribution in [2.45, 2.75) is 58.1 Å². The van der Waals surface area contributed by atoms with Gasteiger partial charge >= 0.3 is 0 Å². The van der Waals surface area contributed by atoms with Crippen LogP contribution in [0.3, 0.4) is 0 Å². The summed E-state index contributed by atoms with van der Waals surface area (Å²) in [6.07, 6.45) is 9.14. The second-order valence-electron chi connectivity index (χ2n) is 4.41. The quantitative estimate of drug-likeness (QED) is 0.825. The molecule has 0 atom stereocenters. The first kappa shape index (κ1) is 10.7. The van der Waals surface area contributed by atoms with Gasteiger partial charge in [0.05, 0.1) is 18.8 Å². The zero-order valence-corrected chi connectivity index (χ0v) is 9.45. The zero-order chi connectivity index (χ0) is 10.7. The molecule has 0 spiro atoms. The van der Waals surface area contributed by atoms with Crippen LogP contribution < -0.4 is 0 Å². The molecule has 0 aromatic carbocycles. The molecule has 0 saturated heterocycles. The van der Waals surface area contributed by atoms with Crippen molar-refractivity contribution >= 4 is 0 Å². The Morgan fingerprint density at radius 2 is 2.20 bits per heavy atom. The van der Waals surface area contributed by atoms with Gasteiger partial charge in [0.15, 0.2) is 0 Å². The topological polar surface area (TPSA) is 38.1 Å². The molecule has 3 nitrogen and oxygen atoms in total. The molecule has 1 aromatic rings. The van der Waals surface area contributed by atoms with E-state index in [2.05, 4.69) is 16.7 Å². The zero-order valence-electron chi connectivity index (χ0n) is 9.45. The smallest absolute Gasteiger partial charge is 0.0715 e. The first-order chi connectivity index (χ1) is 7.36. The second-order valence-corrected chi connectivity index (χ2v) is 4.41. The van der Waals surface area contributed by atoms with Crippen molar-refractivity contribution < 1.29 is 5.11 Å². The van der Waals surface area contributed by atoms with E-state index in [0.29, 0.717) is 6.04 Å². The average Bonchev–Trinajstić information content (AvgIpc) is 2.85. The Morgan fingerprint density at radius 1 is 1.47 bits per heavy atom. The normalized spacial score (nSPS) is 17.5. The van der Waals surface area contributed by atoms with E-state index < -0.39 is 0 Å². The third-order valence-electron chi connectivity index (χ3n) is 3.31. The predicted molar refractivity (Wildman–Crippen MR) is 59.6 cm³/mol. The van der Waals surface area contributed by atoms with Crippen LogP contribution in [0.2, 0.25) is 0 Å². The highest BCUT2D eigenvalue weighted by molar-refractivity contribution is 5.17. The molecule has 0 aliphatic heterocycles. The number of aliphatic hydroxyl groups is 1. The third-order valence-corrected chi connectivity index (χ3v) is 3.31. The molecule has 84 valence electrons. The van der Waals surface area contributed by atoms with Crippen LogP contribution in [0.4, 0.5) is 0 Å². The van der Waals surface area contributed by atoms with Crippen molar-refractivity contribution in [3.05, 3.63) is 17.5 Å². The van der Waals surface area contributed by atoms with Gasteiger partial charge < -0.3 is 5.11 Å². The number of nitrogens with zero attached hydrogens (tertiary/aromatic N) is 2. The van der Waals surface area contributed by atoms with E-state index in [1.165, 1.54) is 31.4 Å². The van der Waals surface area contributed by atoms with E-state index in [1.807, 2.05) is 6.20 Å². The molecule has 1 aromatic heterocycles. The van der Waals surface area contributed by atoms with Crippen LogP contribution >= 0.6 is 0 Å². The van der Waals surface area contributed by atoms with Gasteiger partial charge in [-0.2, -0.15) is 5.10 Å². The minimum Gasteiger partial charge on any atom is -0.392 e. The van der Waals surface area contributed by atoms with Gasteiger partial charge in [-0.3, -0.25) is 4.68 Å². The summed E-state index contributed by atoms with van der Waals surface area (Å²) in [7, 11) is 0. The Labute approximate surface area is 91.1 Å². The van der Waals surface area contributed by atoms with Gasteiger partial charge in [0.2, 0.25) is 0 Å². The molecule has 1 N–H and O–H groups in total. The lowest BCUT2D eigenvalue weighted by atomic mass is 10.1. The summed E-state index contributed by atoms with van der Waals surface area (Å²) in [5.41, 5.74) is 2.27. The summed E-state index contributed by atoms with van der Waals surface area (Å²) in [6.45, 7) is 2.30. The molecule has 0 unspecified atom stereocenters. The van der Waals surface area contributed by atoms with Gasteiger partial charge in [0.25, 0.3) is 0 Å². The standard InChI is InChI=1S/C12H20N2O/c1-2-5-12-10(9-15)8-13-14(12)11-6-3-4-7-11/h8,11,15H,2-7,9H2,1H3. The van der Waals surface area contributed by atoms with Crippen molar-refractivity contribution in [3.63, 3.8) is 0 Å². The number of rotatable bonds is 4. The van der Waals surface area contributed by atoms with Gasteiger partial charge in [-0.25, -0.2) is 0 Å². The summed E-state index contributed by atoms with van der Waals surface area (Å²) in [5, 5.41) is 13.7. The Balaban J connectivity index is 2.24. The summed E-state index contributed by atoms with van der Waals surface area (Å²) < 4.78 is 2.17. The van der Waals surface area contributed by atoms with E-state index in [0.717, 1.165) is 18.4 Å². The summed E-state index contributed by atoms with van der Waals surface area (Å²) >= 11 is 0. The molecule has 0 amide bonds. The maximum atomic E-state index is 9.25. The molecule has 0 bridgehead atoms. The minimum absolute atomic E-state index is 0.127. The van der Waals surface area contributed by atoms with Gasteiger partial charge in [-0.1, -0.05) is 26.2 Å². The SMILES string of the molecule is CCCc1c(CO)cnn1C1CCCC1. The lowest BCUT2D eigenvalue weighted by Crippen LogP contribution is -2.11. The van der Waals surface area contributed by atoms with Crippen LogP contribution in [-0.2, 0) is 13.0 Å². The van der Waals surface area contributed by atoms with Gasteiger partial charge in [0, 0.05) is 11.3 Å². The van der Waals surface area contributed by atoms with E-state index in [-0.39, 0.29) is 6.61 Å².